The number of nitrogens with one attached hydrogen (secondary N) is 1. The van der Waals surface area contributed by atoms with E-state index in [1.54, 1.807) is 41.2 Å². The number of H-pyrrole nitrogens is 1. The Morgan fingerprint density at radius 1 is 1.17 bits per heavy atom. The van der Waals surface area contributed by atoms with Crippen LogP contribution < -0.4 is 11.3 Å². The standard InChI is InChI=1S/C17H12FN5O/c18-11-3-1-2-10(8-11)17-22-15-13(6-7-20-16(15)19)23(17)12-4-5-14(24)21-9-12/h1-9H,(H2,19,20)(H,21,24). The lowest BCUT2D eigenvalue weighted by Crippen LogP contribution is -2.05. The van der Waals surface area contributed by atoms with E-state index in [4.69, 9.17) is 5.73 Å². The van der Waals surface area contributed by atoms with Crippen LogP contribution in [0.15, 0.2) is 59.7 Å². The summed E-state index contributed by atoms with van der Waals surface area (Å²) in [6, 6.07) is 11.0. The van der Waals surface area contributed by atoms with Crippen molar-refractivity contribution < 1.29 is 4.39 Å². The normalized spacial score (nSPS) is 11.0. The number of imidazole rings is 1. The Kier molecular flexibility index (Phi) is 3.13. The Labute approximate surface area is 135 Å². The molecule has 0 amide bonds. The summed E-state index contributed by atoms with van der Waals surface area (Å²) < 4.78 is 15.5. The van der Waals surface area contributed by atoms with Crippen molar-refractivity contribution in [3.8, 4) is 17.1 Å². The molecule has 0 radical (unpaired) electrons. The molecule has 0 spiro atoms. The molecule has 0 bridgehead atoms. The van der Waals surface area contributed by atoms with Gasteiger partial charge in [0.1, 0.15) is 17.2 Å². The summed E-state index contributed by atoms with van der Waals surface area (Å²) >= 11 is 0. The molecule has 4 aromatic rings. The minimum absolute atomic E-state index is 0.211. The maximum Gasteiger partial charge on any atom is 0.248 e. The first-order chi connectivity index (χ1) is 11.6. The number of nitrogen functional groups attached to an aromatic ring is 1. The molecule has 0 unspecified atom stereocenters. The molecule has 0 aliphatic carbocycles. The maximum absolute atomic E-state index is 13.7. The fraction of sp³-hybridized carbons (Fsp3) is 0. The SMILES string of the molecule is Nc1nccc2c1nc(-c1cccc(F)c1)n2-c1ccc(=O)[nH]c1. The van der Waals surface area contributed by atoms with E-state index in [1.807, 2.05) is 0 Å². The van der Waals surface area contributed by atoms with E-state index in [0.717, 1.165) is 0 Å². The molecule has 3 aromatic heterocycles. The number of hydrogen-bond donors (Lipinski definition) is 2. The van der Waals surface area contributed by atoms with Gasteiger partial charge in [0.25, 0.3) is 0 Å². The van der Waals surface area contributed by atoms with Crippen molar-refractivity contribution in [2.45, 2.75) is 0 Å². The number of rotatable bonds is 2. The number of anilines is 1. The zero-order valence-electron chi connectivity index (χ0n) is 12.4. The van der Waals surface area contributed by atoms with Crippen LogP contribution in [0.3, 0.4) is 0 Å². The van der Waals surface area contributed by atoms with Crippen LogP contribution in [-0.4, -0.2) is 19.5 Å². The lowest BCUT2D eigenvalue weighted by Gasteiger charge is -2.09. The van der Waals surface area contributed by atoms with Gasteiger partial charge in [-0.2, -0.15) is 0 Å². The third-order valence-electron chi connectivity index (χ3n) is 3.71. The van der Waals surface area contributed by atoms with E-state index in [2.05, 4.69) is 15.0 Å². The molecule has 0 aliphatic heterocycles. The summed E-state index contributed by atoms with van der Waals surface area (Å²) in [6.45, 7) is 0. The number of benzene rings is 1. The average Bonchev–Trinajstić information content (AvgIpc) is 2.97. The second-order valence-electron chi connectivity index (χ2n) is 5.26. The molecule has 0 atom stereocenters. The summed E-state index contributed by atoms with van der Waals surface area (Å²) in [6.07, 6.45) is 3.15. The van der Waals surface area contributed by atoms with Crippen molar-refractivity contribution in [2.75, 3.05) is 5.73 Å². The quantitative estimate of drug-likeness (QED) is 0.593. The Morgan fingerprint density at radius 3 is 2.79 bits per heavy atom. The van der Waals surface area contributed by atoms with Gasteiger partial charge in [-0.3, -0.25) is 9.36 Å². The van der Waals surface area contributed by atoms with Crippen molar-refractivity contribution in [2.24, 2.45) is 0 Å². The molecule has 4 rings (SSSR count). The first-order valence-corrected chi connectivity index (χ1v) is 7.21. The van der Waals surface area contributed by atoms with E-state index < -0.39 is 0 Å². The van der Waals surface area contributed by atoms with Crippen LogP contribution in [-0.2, 0) is 0 Å². The van der Waals surface area contributed by atoms with Gasteiger partial charge in [0.05, 0.1) is 11.2 Å². The Bertz CT molecular complexity index is 1100. The minimum atomic E-state index is -0.362. The number of aromatic amines is 1. The van der Waals surface area contributed by atoms with Crippen LogP contribution in [0.4, 0.5) is 10.2 Å². The van der Waals surface area contributed by atoms with Crippen LogP contribution in [0.5, 0.6) is 0 Å². The van der Waals surface area contributed by atoms with Crippen LogP contribution in [0.2, 0.25) is 0 Å². The monoisotopic (exact) mass is 321 g/mol. The second-order valence-corrected chi connectivity index (χ2v) is 5.26. The molecule has 0 saturated heterocycles. The van der Waals surface area contributed by atoms with Crippen molar-refractivity contribution in [3.63, 3.8) is 0 Å². The molecular formula is C17H12FN5O. The molecule has 3 heterocycles. The predicted octanol–water partition coefficient (Wildman–Crippen LogP) is 2.50. The number of fused-ring (bicyclic) bond motifs is 1. The number of halogens is 1. The zero-order valence-corrected chi connectivity index (χ0v) is 12.4. The van der Waals surface area contributed by atoms with Gasteiger partial charge >= 0.3 is 0 Å². The molecule has 0 fully saturated rings. The Balaban J connectivity index is 2.09. The van der Waals surface area contributed by atoms with Gasteiger partial charge in [0.15, 0.2) is 5.82 Å². The fourth-order valence-electron chi connectivity index (χ4n) is 2.65. The molecule has 6 nitrogen and oxygen atoms in total. The van der Waals surface area contributed by atoms with Crippen molar-refractivity contribution in [3.05, 3.63) is 71.0 Å². The molecule has 0 saturated carbocycles. The van der Waals surface area contributed by atoms with E-state index in [1.165, 1.54) is 18.2 Å². The van der Waals surface area contributed by atoms with Crippen LogP contribution in [0, 0.1) is 5.82 Å². The lowest BCUT2D eigenvalue weighted by molar-refractivity contribution is 0.628. The number of nitrogens with two attached hydrogens (primary N) is 1. The maximum atomic E-state index is 13.7. The predicted molar refractivity (Wildman–Crippen MR) is 89.3 cm³/mol. The highest BCUT2D eigenvalue weighted by molar-refractivity contribution is 5.89. The Hall–Kier alpha value is -3.48. The summed E-state index contributed by atoms with van der Waals surface area (Å²) in [5.74, 6) is 0.434. The highest BCUT2D eigenvalue weighted by Crippen LogP contribution is 2.30. The number of aromatic nitrogens is 4. The second kappa shape index (κ2) is 5.31. The van der Waals surface area contributed by atoms with Crippen LogP contribution in [0.1, 0.15) is 0 Å². The van der Waals surface area contributed by atoms with Crippen LogP contribution in [0.25, 0.3) is 28.1 Å². The molecule has 118 valence electrons. The molecule has 24 heavy (non-hydrogen) atoms. The summed E-state index contributed by atoms with van der Waals surface area (Å²) in [7, 11) is 0. The number of nitrogens with zero attached hydrogens (tertiary/aromatic N) is 3. The van der Waals surface area contributed by atoms with Crippen molar-refractivity contribution in [1.29, 1.82) is 0 Å². The van der Waals surface area contributed by atoms with E-state index in [9.17, 15) is 9.18 Å². The average molecular weight is 321 g/mol. The third kappa shape index (κ3) is 2.23. The molecular weight excluding hydrogens is 309 g/mol. The van der Waals surface area contributed by atoms with Gasteiger partial charge in [-0.05, 0) is 24.3 Å². The smallest absolute Gasteiger partial charge is 0.248 e. The van der Waals surface area contributed by atoms with E-state index in [-0.39, 0.29) is 17.2 Å². The minimum Gasteiger partial charge on any atom is -0.382 e. The third-order valence-corrected chi connectivity index (χ3v) is 3.71. The topological polar surface area (TPSA) is 89.6 Å². The largest absolute Gasteiger partial charge is 0.382 e. The molecule has 1 aromatic carbocycles. The number of pyridine rings is 2. The van der Waals surface area contributed by atoms with Gasteiger partial charge in [-0.25, -0.2) is 14.4 Å². The zero-order chi connectivity index (χ0) is 16.7. The molecule has 7 heteroatoms. The van der Waals surface area contributed by atoms with Crippen molar-refractivity contribution >= 4 is 16.9 Å². The van der Waals surface area contributed by atoms with Gasteiger partial charge in [0, 0.05) is 24.0 Å². The first kappa shape index (κ1) is 14.1. The van der Waals surface area contributed by atoms with Gasteiger partial charge in [0.2, 0.25) is 5.56 Å². The summed E-state index contributed by atoms with van der Waals surface area (Å²) in [5.41, 5.74) is 8.23. The van der Waals surface area contributed by atoms with E-state index >= 15 is 0 Å². The lowest BCUT2D eigenvalue weighted by atomic mass is 10.2. The van der Waals surface area contributed by atoms with Gasteiger partial charge in [-0.15, -0.1) is 0 Å². The van der Waals surface area contributed by atoms with E-state index in [0.29, 0.717) is 28.1 Å². The highest BCUT2D eigenvalue weighted by Gasteiger charge is 2.16. The Morgan fingerprint density at radius 2 is 2.04 bits per heavy atom. The fourth-order valence-corrected chi connectivity index (χ4v) is 2.65. The van der Waals surface area contributed by atoms with Gasteiger partial charge in [-0.1, -0.05) is 12.1 Å². The van der Waals surface area contributed by atoms with Crippen molar-refractivity contribution in [1.82, 2.24) is 19.5 Å². The number of hydrogen-bond acceptors (Lipinski definition) is 4. The summed E-state index contributed by atoms with van der Waals surface area (Å²) in [4.78, 5) is 22.6. The first-order valence-electron chi connectivity index (χ1n) is 7.21. The summed E-state index contributed by atoms with van der Waals surface area (Å²) in [5, 5.41) is 0. The van der Waals surface area contributed by atoms with Crippen LogP contribution >= 0.6 is 0 Å². The van der Waals surface area contributed by atoms with Gasteiger partial charge < -0.3 is 10.7 Å². The molecule has 0 aliphatic rings. The molecule has 3 N–H and O–H groups in total. The highest BCUT2D eigenvalue weighted by atomic mass is 19.1.